The van der Waals surface area contributed by atoms with E-state index in [2.05, 4.69) is 63.7 Å². The number of ether oxygens (including phenoxy) is 2. The van der Waals surface area contributed by atoms with Gasteiger partial charge in [0.15, 0.2) is 5.96 Å². The van der Waals surface area contributed by atoms with Crippen molar-refractivity contribution in [1.82, 2.24) is 10.2 Å². The smallest absolute Gasteiger partial charge is 0.193 e. The van der Waals surface area contributed by atoms with Crippen molar-refractivity contribution < 1.29 is 9.47 Å². The molecule has 1 heterocycles. The maximum Gasteiger partial charge on any atom is 0.193 e. The summed E-state index contributed by atoms with van der Waals surface area (Å²) in [4.78, 5) is 6.81. The van der Waals surface area contributed by atoms with Crippen LogP contribution in [0.1, 0.15) is 30.0 Å². The predicted molar refractivity (Wildman–Crippen MR) is 133 cm³/mol. The highest BCUT2D eigenvalue weighted by atomic mass is 127. The fourth-order valence-corrected chi connectivity index (χ4v) is 3.57. The molecular formula is C24H34IN3O2. The summed E-state index contributed by atoms with van der Waals surface area (Å²) >= 11 is 0. The standard InChI is InChI=1S/C24H33N3O2.HI/c1-3-28-17-22-11-9-20(10-12-22)15-26-24(25-2)27-14-13-23(16-27)19-29-18-21-7-5-4-6-8-21;/h4-12,23H,3,13-19H2,1-2H3,(H,25,26);1H. The molecule has 2 aromatic carbocycles. The Bertz CT molecular complexity index is 753. The third-order valence-corrected chi connectivity index (χ3v) is 5.21. The van der Waals surface area contributed by atoms with E-state index >= 15 is 0 Å². The monoisotopic (exact) mass is 523 g/mol. The lowest BCUT2D eigenvalue weighted by atomic mass is 10.1. The lowest BCUT2D eigenvalue weighted by molar-refractivity contribution is 0.0906. The van der Waals surface area contributed by atoms with Gasteiger partial charge in [-0.2, -0.15) is 0 Å². The third kappa shape index (κ3) is 7.89. The summed E-state index contributed by atoms with van der Waals surface area (Å²) in [5, 5.41) is 3.50. The van der Waals surface area contributed by atoms with Gasteiger partial charge < -0.3 is 19.7 Å². The number of aliphatic imine (C=N–C) groups is 1. The minimum Gasteiger partial charge on any atom is -0.377 e. The van der Waals surface area contributed by atoms with Crippen LogP contribution in [0, 0.1) is 5.92 Å². The number of guanidine groups is 1. The van der Waals surface area contributed by atoms with Crippen LogP contribution in [-0.2, 0) is 29.2 Å². The first-order valence-corrected chi connectivity index (χ1v) is 10.5. The average Bonchev–Trinajstić information content (AvgIpc) is 3.23. The fraction of sp³-hybridized carbons (Fsp3) is 0.458. The first kappa shape index (κ1) is 24.6. The number of hydrogen-bond donors (Lipinski definition) is 1. The molecule has 1 atom stereocenters. The van der Waals surface area contributed by atoms with Crippen molar-refractivity contribution in [3.63, 3.8) is 0 Å². The molecule has 1 fully saturated rings. The van der Waals surface area contributed by atoms with E-state index in [9.17, 15) is 0 Å². The zero-order valence-corrected chi connectivity index (χ0v) is 20.4. The highest BCUT2D eigenvalue weighted by Crippen LogP contribution is 2.17. The van der Waals surface area contributed by atoms with E-state index in [0.29, 0.717) is 19.1 Å². The second-order valence-corrected chi connectivity index (χ2v) is 7.46. The molecule has 1 unspecified atom stereocenters. The summed E-state index contributed by atoms with van der Waals surface area (Å²) in [5.41, 5.74) is 3.68. The second kappa shape index (κ2) is 13.6. The molecule has 0 spiro atoms. The van der Waals surface area contributed by atoms with Gasteiger partial charge in [0, 0.05) is 39.2 Å². The molecule has 0 bridgehead atoms. The number of benzene rings is 2. The SMILES string of the molecule is CCOCc1ccc(CNC(=NC)N2CCC(COCc3ccccc3)C2)cc1.I. The number of rotatable bonds is 9. The van der Waals surface area contributed by atoms with Crippen LogP contribution in [0.15, 0.2) is 59.6 Å². The molecule has 0 radical (unpaired) electrons. The first-order chi connectivity index (χ1) is 14.3. The molecule has 0 amide bonds. The van der Waals surface area contributed by atoms with E-state index in [1.165, 1.54) is 16.7 Å². The van der Waals surface area contributed by atoms with Crippen LogP contribution in [0.5, 0.6) is 0 Å². The molecule has 0 saturated carbocycles. The van der Waals surface area contributed by atoms with Crippen molar-refractivity contribution >= 4 is 29.9 Å². The van der Waals surface area contributed by atoms with Gasteiger partial charge in [0.2, 0.25) is 0 Å². The van der Waals surface area contributed by atoms with Gasteiger partial charge in [0.1, 0.15) is 0 Å². The predicted octanol–water partition coefficient (Wildman–Crippen LogP) is 4.46. The van der Waals surface area contributed by atoms with Crippen LogP contribution in [0.2, 0.25) is 0 Å². The van der Waals surface area contributed by atoms with E-state index in [1.807, 2.05) is 20.0 Å². The van der Waals surface area contributed by atoms with Crippen LogP contribution >= 0.6 is 24.0 Å². The maximum atomic E-state index is 5.94. The lowest BCUT2D eigenvalue weighted by Gasteiger charge is -2.22. The van der Waals surface area contributed by atoms with Crippen molar-refractivity contribution in [2.24, 2.45) is 10.9 Å². The first-order valence-electron chi connectivity index (χ1n) is 10.5. The Labute approximate surface area is 197 Å². The van der Waals surface area contributed by atoms with Crippen LogP contribution < -0.4 is 5.32 Å². The molecule has 3 rings (SSSR count). The number of nitrogens with zero attached hydrogens (tertiary/aromatic N) is 2. The molecule has 30 heavy (non-hydrogen) atoms. The summed E-state index contributed by atoms with van der Waals surface area (Å²) < 4.78 is 11.4. The van der Waals surface area contributed by atoms with Gasteiger partial charge in [0.05, 0.1) is 19.8 Å². The molecule has 164 valence electrons. The van der Waals surface area contributed by atoms with Crippen molar-refractivity contribution in [2.45, 2.75) is 33.1 Å². The van der Waals surface area contributed by atoms with Gasteiger partial charge in [0.25, 0.3) is 0 Å². The molecule has 5 nitrogen and oxygen atoms in total. The Hall–Kier alpha value is -1.64. The molecule has 1 N–H and O–H groups in total. The second-order valence-electron chi connectivity index (χ2n) is 7.46. The normalized spacial score (nSPS) is 16.4. The van der Waals surface area contributed by atoms with Crippen molar-refractivity contribution in [2.75, 3.05) is 33.4 Å². The van der Waals surface area contributed by atoms with Crippen molar-refractivity contribution in [1.29, 1.82) is 0 Å². The van der Waals surface area contributed by atoms with Gasteiger partial charge >= 0.3 is 0 Å². The summed E-state index contributed by atoms with van der Waals surface area (Å²) in [5.74, 6) is 1.52. The van der Waals surface area contributed by atoms with Crippen molar-refractivity contribution in [3.8, 4) is 0 Å². The summed E-state index contributed by atoms with van der Waals surface area (Å²) in [6.45, 7) is 7.69. The highest BCUT2D eigenvalue weighted by Gasteiger charge is 2.24. The Morgan fingerprint density at radius 2 is 1.67 bits per heavy atom. The maximum absolute atomic E-state index is 5.94. The minimum atomic E-state index is 0. The zero-order valence-electron chi connectivity index (χ0n) is 18.0. The summed E-state index contributed by atoms with van der Waals surface area (Å²) in [6, 6.07) is 18.9. The Morgan fingerprint density at radius 3 is 2.37 bits per heavy atom. The number of halogens is 1. The quantitative estimate of drug-likeness (QED) is 0.300. The van der Waals surface area contributed by atoms with Crippen LogP contribution in [0.4, 0.5) is 0 Å². The van der Waals surface area contributed by atoms with Gasteiger partial charge in [-0.25, -0.2) is 0 Å². The molecule has 6 heteroatoms. The molecule has 1 aliphatic heterocycles. The zero-order chi connectivity index (χ0) is 20.3. The van der Waals surface area contributed by atoms with E-state index in [-0.39, 0.29) is 24.0 Å². The van der Waals surface area contributed by atoms with Crippen LogP contribution in [-0.4, -0.2) is 44.2 Å². The summed E-state index contributed by atoms with van der Waals surface area (Å²) in [6.07, 6.45) is 1.14. The molecule has 1 aliphatic rings. The molecule has 1 saturated heterocycles. The Morgan fingerprint density at radius 1 is 1.00 bits per heavy atom. The van der Waals surface area contributed by atoms with Crippen LogP contribution in [0.3, 0.4) is 0 Å². The minimum absolute atomic E-state index is 0. The van der Waals surface area contributed by atoms with Gasteiger partial charge in [-0.3, -0.25) is 4.99 Å². The van der Waals surface area contributed by atoms with E-state index in [4.69, 9.17) is 9.47 Å². The van der Waals surface area contributed by atoms with Crippen LogP contribution in [0.25, 0.3) is 0 Å². The molecule has 2 aromatic rings. The number of likely N-dealkylation sites (tertiary alicyclic amines) is 1. The fourth-order valence-electron chi connectivity index (χ4n) is 3.57. The molecule has 0 aromatic heterocycles. The van der Waals surface area contributed by atoms with Gasteiger partial charge in [-0.05, 0) is 30.0 Å². The Kier molecular flexibility index (Phi) is 11.2. The van der Waals surface area contributed by atoms with Gasteiger partial charge in [-0.1, -0.05) is 54.6 Å². The third-order valence-electron chi connectivity index (χ3n) is 5.21. The van der Waals surface area contributed by atoms with E-state index in [0.717, 1.165) is 45.2 Å². The van der Waals surface area contributed by atoms with E-state index < -0.39 is 0 Å². The lowest BCUT2D eigenvalue weighted by Crippen LogP contribution is -2.39. The highest BCUT2D eigenvalue weighted by molar-refractivity contribution is 14.0. The summed E-state index contributed by atoms with van der Waals surface area (Å²) in [7, 11) is 1.85. The Balaban J connectivity index is 0.00000320. The molecule has 0 aliphatic carbocycles. The number of nitrogens with one attached hydrogen (secondary N) is 1. The van der Waals surface area contributed by atoms with E-state index in [1.54, 1.807) is 0 Å². The topological polar surface area (TPSA) is 46.1 Å². The average molecular weight is 523 g/mol. The van der Waals surface area contributed by atoms with Crippen molar-refractivity contribution in [3.05, 3.63) is 71.3 Å². The molecular weight excluding hydrogens is 489 g/mol. The van der Waals surface area contributed by atoms with Gasteiger partial charge in [-0.15, -0.1) is 24.0 Å². The number of hydrogen-bond acceptors (Lipinski definition) is 3. The largest absolute Gasteiger partial charge is 0.377 e.